The van der Waals surface area contributed by atoms with Crippen molar-refractivity contribution in [2.24, 2.45) is 0 Å². The third-order valence-corrected chi connectivity index (χ3v) is 8.04. The van der Waals surface area contributed by atoms with E-state index < -0.39 is 9.84 Å². The van der Waals surface area contributed by atoms with Crippen LogP contribution in [0.1, 0.15) is 11.1 Å². The van der Waals surface area contributed by atoms with Gasteiger partial charge in [-0.15, -0.1) is 0 Å². The quantitative estimate of drug-likeness (QED) is 0.545. The summed E-state index contributed by atoms with van der Waals surface area (Å²) < 4.78 is 33.0. The van der Waals surface area contributed by atoms with E-state index in [1.54, 1.807) is 19.2 Å². The number of hydrogen-bond acceptors (Lipinski definition) is 3. The first-order chi connectivity index (χ1) is 13.0. The molecular formula is C22H20O3SSe. The predicted molar refractivity (Wildman–Crippen MR) is 111 cm³/mol. The summed E-state index contributed by atoms with van der Waals surface area (Å²) in [4.78, 5) is 0.312. The van der Waals surface area contributed by atoms with Crippen molar-refractivity contribution in [3.05, 3.63) is 95.4 Å². The molecule has 0 aliphatic carbocycles. The van der Waals surface area contributed by atoms with Crippen LogP contribution in [0.25, 0.3) is 4.47 Å². The number of hydrogen-bond donors (Lipinski definition) is 0. The van der Waals surface area contributed by atoms with Crippen LogP contribution in [0.15, 0.2) is 89.2 Å². The molecule has 3 aromatic carbocycles. The first-order valence-corrected chi connectivity index (χ1v) is 11.6. The van der Waals surface area contributed by atoms with Crippen molar-refractivity contribution in [1.82, 2.24) is 0 Å². The van der Waals surface area contributed by atoms with Gasteiger partial charge in [0.1, 0.15) is 0 Å². The Hall–Kier alpha value is -2.33. The summed E-state index contributed by atoms with van der Waals surface area (Å²) >= 11 is -0.161. The van der Waals surface area contributed by atoms with E-state index in [1.165, 1.54) is 5.41 Å². The van der Waals surface area contributed by atoms with Crippen molar-refractivity contribution in [2.45, 2.75) is 11.8 Å². The fourth-order valence-corrected chi connectivity index (χ4v) is 6.32. The maximum atomic E-state index is 12.9. The minimum atomic E-state index is -3.53. The van der Waals surface area contributed by atoms with Gasteiger partial charge >= 0.3 is 167 Å². The SMILES string of the molecule is COc1ccc([Se]/C(=C/S(=O)(=O)c2ccc(C)cc2)c2ccccc2)cc1. The molecule has 0 N–H and O–H groups in total. The van der Waals surface area contributed by atoms with E-state index in [0.29, 0.717) is 4.90 Å². The molecule has 3 aromatic rings. The van der Waals surface area contributed by atoms with Crippen molar-refractivity contribution in [3.8, 4) is 5.75 Å². The van der Waals surface area contributed by atoms with Crippen LogP contribution in [0.4, 0.5) is 0 Å². The summed E-state index contributed by atoms with van der Waals surface area (Å²) in [5.41, 5.74) is 1.95. The Bertz CT molecular complexity index is 1020. The second kappa shape index (κ2) is 8.57. The number of ether oxygens (including phenoxy) is 1. The molecule has 0 unspecified atom stereocenters. The molecule has 0 radical (unpaired) electrons. The van der Waals surface area contributed by atoms with E-state index in [0.717, 1.165) is 25.8 Å². The van der Waals surface area contributed by atoms with E-state index in [1.807, 2.05) is 73.7 Å². The summed E-state index contributed by atoms with van der Waals surface area (Å²) in [5, 5.41) is 1.41. The van der Waals surface area contributed by atoms with Crippen LogP contribution in [0, 0.1) is 6.92 Å². The van der Waals surface area contributed by atoms with E-state index in [9.17, 15) is 8.42 Å². The van der Waals surface area contributed by atoms with Crippen LogP contribution in [-0.4, -0.2) is 30.5 Å². The number of methoxy groups -OCH3 is 1. The summed E-state index contributed by atoms with van der Waals surface area (Å²) in [6, 6.07) is 24.4. The summed E-state index contributed by atoms with van der Waals surface area (Å²) in [7, 11) is -1.90. The third kappa shape index (κ3) is 5.10. The van der Waals surface area contributed by atoms with E-state index in [2.05, 4.69) is 0 Å². The summed E-state index contributed by atoms with van der Waals surface area (Å²) in [5.74, 6) is 0.784. The molecule has 27 heavy (non-hydrogen) atoms. The zero-order valence-corrected chi connectivity index (χ0v) is 17.7. The number of rotatable bonds is 6. The molecular weight excluding hydrogens is 423 g/mol. The molecule has 0 aliphatic heterocycles. The van der Waals surface area contributed by atoms with Crippen LogP contribution < -0.4 is 9.20 Å². The van der Waals surface area contributed by atoms with Gasteiger partial charge in [-0.1, -0.05) is 0 Å². The van der Waals surface area contributed by atoms with Crippen molar-refractivity contribution < 1.29 is 13.2 Å². The molecule has 0 amide bonds. The molecule has 0 fully saturated rings. The molecule has 0 spiro atoms. The van der Waals surface area contributed by atoms with Gasteiger partial charge in [0.25, 0.3) is 0 Å². The molecule has 0 saturated carbocycles. The van der Waals surface area contributed by atoms with Crippen LogP contribution in [0.2, 0.25) is 0 Å². The topological polar surface area (TPSA) is 43.4 Å². The zero-order valence-electron chi connectivity index (χ0n) is 15.1. The molecule has 138 valence electrons. The Morgan fingerprint density at radius 3 is 2.11 bits per heavy atom. The molecule has 0 aromatic heterocycles. The van der Waals surface area contributed by atoms with E-state index in [-0.39, 0.29) is 15.0 Å². The first kappa shape index (κ1) is 19.4. The Morgan fingerprint density at radius 2 is 1.52 bits per heavy atom. The predicted octanol–water partition coefficient (Wildman–Crippen LogP) is 3.81. The molecule has 0 bridgehead atoms. The van der Waals surface area contributed by atoms with Gasteiger partial charge in [-0.3, -0.25) is 0 Å². The Labute approximate surface area is 166 Å². The second-order valence-corrected chi connectivity index (χ2v) is 10.1. The van der Waals surface area contributed by atoms with Crippen molar-refractivity contribution in [3.63, 3.8) is 0 Å². The number of aryl methyl sites for hydroxylation is 1. The standard InChI is InChI=1S/C22H20O3SSe/c1-17-8-12-20(13-9-17)26(23,24)16-22(18-6-4-3-5-7-18)27-21-14-10-19(25-2)11-15-21/h3-16H,1-2H3/b22-16+. The normalized spacial score (nSPS) is 12.0. The fraction of sp³-hybridized carbons (Fsp3) is 0.0909. The van der Waals surface area contributed by atoms with Crippen LogP contribution in [0.5, 0.6) is 5.75 Å². The number of benzene rings is 3. The second-order valence-electron chi connectivity index (χ2n) is 5.98. The van der Waals surface area contributed by atoms with Crippen LogP contribution in [0.3, 0.4) is 0 Å². The van der Waals surface area contributed by atoms with E-state index >= 15 is 0 Å². The summed E-state index contributed by atoms with van der Waals surface area (Å²) in [6.45, 7) is 1.94. The monoisotopic (exact) mass is 444 g/mol. The molecule has 3 rings (SSSR count). The third-order valence-electron chi connectivity index (χ3n) is 3.96. The Morgan fingerprint density at radius 1 is 0.889 bits per heavy atom. The van der Waals surface area contributed by atoms with Gasteiger partial charge in [-0.25, -0.2) is 0 Å². The first-order valence-electron chi connectivity index (χ1n) is 8.39. The summed E-state index contributed by atoms with van der Waals surface area (Å²) in [6.07, 6.45) is 0. The average Bonchev–Trinajstić information content (AvgIpc) is 2.69. The van der Waals surface area contributed by atoms with Crippen LogP contribution >= 0.6 is 0 Å². The van der Waals surface area contributed by atoms with E-state index in [4.69, 9.17) is 4.74 Å². The molecule has 3 nitrogen and oxygen atoms in total. The Balaban J connectivity index is 2.01. The van der Waals surface area contributed by atoms with Gasteiger partial charge in [-0.05, 0) is 0 Å². The molecule has 0 aliphatic rings. The van der Waals surface area contributed by atoms with Gasteiger partial charge in [0.15, 0.2) is 0 Å². The Kier molecular flexibility index (Phi) is 6.17. The maximum absolute atomic E-state index is 12.9. The van der Waals surface area contributed by atoms with Gasteiger partial charge in [0.2, 0.25) is 0 Å². The van der Waals surface area contributed by atoms with Crippen molar-refractivity contribution in [2.75, 3.05) is 7.11 Å². The molecule has 0 atom stereocenters. The molecule has 5 heteroatoms. The fourth-order valence-electron chi connectivity index (χ4n) is 2.46. The minimum absolute atomic E-state index is 0.161. The zero-order chi connectivity index (χ0) is 19.3. The van der Waals surface area contributed by atoms with Gasteiger partial charge in [0, 0.05) is 0 Å². The van der Waals surface area contributed by atoms with Crippen molar-refractivity contribution >= 4 is 33.7 Å². The molecule has 0 heterocycles. The van der Waals surface area contributed by atoms with Gasteiger partial charge in [0.05, 0.1) is 0 Å². The number of sulfone groups is 1. The average molecular weight is 443 g/mol. The van der Waals surface area contributed by atoms with Crippen molar-refractivity contribution in [1.29, 1.82) is 0 Å². The van der Waals surface area contributed by atoms with Gasteiger partial charge < -0.3 is 0 Å². The molecule has 0 saturated heterocycles. The van der Waals surface area contributed by atoms with Gasteiger partial charge in [-0.2, -0.15) is 0 Å². The van der Waals surface area contributed by atoms with Crippen LogP contribution in [-0.2, 0) is 9.84 Å².